The summed E-state index contributed by atoms with van der Waals surface area (Å²) < 4.78 is 23.1. The summed E-state index contributed by atoms with van der Waals surface area (Å²) in [6.45, 7) is 6.34. The fourth-order valence-corrected chi connectivity index (χ4v) is 5.56. The van der Waals surface area contributed by atoms with Gasteiger partial charge in [0.25, 0.3) is 5.79 Å². The number of carbonyl (C=O) groups is 2. The molecule has 0 bridgehead atoms. The van der Waals surface area contributed by atoms with Gasteiger partial charge in [-0.15, -0.1) is 11.3 Å². The monoisotopic (exact) mass is 552 g/mol. The average Bonchev–Trinajstić information content (AvgIpc) is 3.31. The van der Waals surface area contributed by atoms with Crippen LogP contribution in [-0.2, 0) is 25.6 Å². The van der Waals surface area contributed by atoms with Gasteiger partial charge in [-0.25, -0.2) is 9.59 Å². The zero-order valence-corrected chi connectivity index (χ0v) is 24.0. The number of esters is 2. The summed E-state index contributed by atoms with van der Waals surface area (Å²) in [5.41, 5.74) is 0.393. The van der Waals surface area contributed by atoms with Crippen molar-refractivity contribution in [2.24, 2.45) is 0 Å². The number of nitrogens with zero attached hydrogens (tertiary/aromatic N) is 1. The Morgan fingerprint density at radius 1 is 0.974 bits per heavy atom. The van der Waals surface area contributed by atoms with Crippen molar-refractivity contribution in [1.29, 1.82) is 0 Å². The molecule has 0 radical (unpaired) electrons. The fraction of sp³-hybridized carbons (Fsp3) is 0.400. The molecule has 2 aromatic carbocycles. The smallest absolute Gasteiger partial charge is 0.352 e. The van der Waals surface area contributed by atoms with E-state index in [1.807, 2.05) is 17.0 Å². The summed E-state index contributed by atoms with van der Waals surface area (Å²) in [4.78, 5) is 29.7. The summed E-state index contributed by atoms with van der Waals surface area (Å²) in [5.74, 6) is -1.39. The number of ether oxygens (including phenoxy) is 4. The number of fused-ring (bicyclic) bond motifs is 1. The molecule has 3 aromatic rings. The Balaban J connectivity index is 1.80. The van der Waals surface area contributed by atoms with Gasteiger partial charge in [-0.3, -0.25) is 0 Å². The molecule has 1 fully saturated rings. The van der Waals surface area contributed by atoms with Crippen LogP contribution < -0.4 is 14.8 Å². The number of unbranched alkanes of at least 4 members (excludes halogenated alkanes) is 3. The van der Waals surface area contributed by atoms with Crippen LogP contribution in [0.5, 0.6) is 11.5 Å². The lowest BCUT2D eigenvalue weighted by Gasteiger charge is -2.34. The summed E-state index contributed by atoms with van der Waals surface area (Å²) in [6, 6.07) is 15.7. The van der Waals surface area contributed by atoms with Gasteiger partial charge in [0, 0.05) is 36.0 Å². The number of rotatable bonds is 12. The molecule has 0 amide bonds. The van der Waals surface area contributed by atoms with E-state index < -0.39 is 17.7 Å². The maximum Gasteiger partial charge on any atom is 0.352 e. The molecular formula is C30H36N2O6S. The van der Waals surface area contributed by atoms with E-state index in [9.17, 15) is 9.59 Å². The molecule has 1 N–H and O–H groups in total. The van der Waals surface area contributed by atoms with E-state index in [1.165, 1.54) is 4.70 Å². The van der Waals surface area contributed by atoms with Gasteiger partial charge < -0.3 is 29.2 Å². The van der Waals surface area contributed by atoms with Crippen molar-refractivity contribution in [2.75, 3.05) is 26.1 Å². The quantitative estimate of drug-likeness (QED) is 0.119. The maximum absolute atomic E-state index is 13.3. The second kappa shape index (κ2) is 12.4. The normalized spacial score (nSPS) is 14.5. The molecule has 1 aliphatic rings. The standard InChI is InChI=1S/C30H36N2O6S/c1-6-7-8-11-16-32(19-22-17-20-12-9-10-13-25(20)39-22)27(26-28(33)37-30(2,3)38-29(26)34)31-23-15-14-21(35-4)18-24(23)36-5/h9-10,12-15,17-18,31H,6-8,11,16,19H2,1-5H3. The number of anilines is 1. The van der Waals surface area contributed by atoms with E-state index in [2.05, 4.69) is 30.4 Å². The Labute approximate surface area is 233 Å². The SMILES string of the molecule is CCCCCCN(Cc1cc2ccccc2s1)C(Nc1ccc(OC)cc1OC)=C1C(=O)OC(C)(C)OC1=O. The molecule has 39 heavy (non-hydrogen) atoms. The van der Waals surface area contributed by atoms with Crippen LogP contribution in [0.1, 0.15) is 51.3 Å². The van der Waals surface area contributed by atoms with Gasteiger partial charge >= 0.3 is 11.9 Å². The summed E-state index contributed by atoms with van der Waals surface area (Å²) in [6.07, 6.45) is 4.10. The van der Waals surface area contributed by atoms with Crippen LogP contribution in [0.25, 0.3) is 10.1 Å². The molecule has 0 atom stereocenters. The molecule has 1 saturated heterocycles. The third-order valence-electron chi connectivity index (χ3n) is 6.40. The minimum Gasteiger partial charge on any atom is -0.497 e. The van der Waals surface area contributed by atoms with Gasteiger partial charge in [0.2, 0.25) is 0 Å². The van der Waals surface area contributed by atoms with Gasteiger partial charge in [0.1, 0.15) is 17.3 Å². The van der Waals surface area contributed by atoms with Crippen LogP contribution in [0.2, 0.25) is 0 Å². The van der Waals surface area contributed by atoms with Crippen molar-refractivity contribution in [3.05, 3.63) is 64.8 Å². The van der Waals surface area contributed by atoms with Crippen molar-refractivity contribution in [2.45, 2.75) is 58.8 Å². The Bertz CT molecular complexity index is 1310. The minimum absolute atomic E-state index is 0.177. The van der Waals surface area contributed by atoms with E-state index in [0.29, 0.717) is 36.1 Å². The van der Waals surface area contributed by atoms with Crippen LogP contribution in [-0.4, -0.2) is 43.4 Å². The first-order chi connectivity index (χ1) is 18.7. The molecular weight excluding hydrogens is 516 g/mol. The Kier molecular flexibility index (Phi) is 9.01. The van der Waals surface area contributed by atoms with Gasteiger partial charge in [-0.2, -0.15) is 0 Å². The van der Waals surface area contributed by atoms with Crippen LogP contribution in [0, 0.1) is 0 Å². The van der Waals surface area contributed by atoms with Crippen LogP contribution in [0.4, 0.5) is 5.69 Å². The third-order valence-corrected chi connectivity index (χ3v) is 7.51. The molecule has 0 unspecified atom stereocenters. The zero-order valence-electron chi connectivity index (χ0n) is 23.2. The Morgan fingerprint density at radius 2 is 1.72 bits per heavy atom. The summed E-state index contributed by atoms with van der Waals surface area (Å²) in [5, 5.41) is 4.48. The zero-order chi connectivity index (χ0) is 28.0. The van der Waals surface area contributed by atoms with Gasteiger partial charge in [0.05, 0.1) is 26.5 Å². The second-order valence-corrected chi connectivity index (χ2v) is 11.0. The van der Waals surface area contributed by atoms with Gasteiger partial charge in [-0.1, -0.05) is 44.4 Å². The molecule has 0 aliphatic carbocycles. The Hall–Kier alpha value is -3.72. The van der Waals surface area contributed by atoms with Crippen molar-refractivity contribution in [1.82, 2.24) is 4.90 Å². The minimum atomic E-state index is -1.35. The number of hydrogen-bond acceptors (Lipinski definition) is 9. The topological polar surface area (TPSA) is 86.3 Å². The highest BCUT2D eigenvalue weighted by Gasteiger charge is 2.42. The predicted molar refractivity (Wildman–Crippen MR) is 153 cm³/mol. The largest absolute Gasteiger partial charge is 0.497 e. The first-order valence-electron chi connectivity index (χ1n) is 13.2. The third kappa shape index (κ3) is 6.84. The summed E-state index contributed by atoms with van der Waals surface area (Å²) in [7, 11) is 3.13. The number of thiophene rings is 1. The van der Waals surface area contributed by atoms with Crippen LogP contribution in [0.3, 0.4) is 0 Å². The Morgan fingerprint density at radius 3 is 2.38 bits per heavy atom. The number of cyclic esters (lactones) is 2. The van der Waals surface area contributed by atoms with E-state index in [1.54, 1.807) is 57.6 Å². The van der Waals surface area contributed by atoms with E-state index in [4.69, 9.17) is 18.9 Å². The number of nitrogens with one attached hydrogen (secondary N) is 1. The average molecular weight is 553 g/mol. The van der Waals surface area contributed by atoms with E-state index in [-0.39, 0.29) is 5.57 Å². The van der Waals surface area contributed by atoms with E-state index in [0.717, 1.165) is 35.9 Å². The van der Waals surface area contributed by atoms with E-state index >= 15 is 0 Å². The highest BCUT2D eigenvalue weighted by atomic mass is 32.1. The fourth-order valence-electron chi connectivity index (χ4n) is 4.48. The van der Waals surface area contributed by atoms with Crippen LogP contribution in [0.15, 0.2) is 59.9 Å². The molecule has 4 rings (SSSR count). The first-order valence-corrected chi connectivity index (χ1v) is 14.0. The van der Waals surface area contributed by atoms with Gasteiger partial charge in [0.15, 0.2) is 5.57 Å². The van der Waals surface area contributed by atoms with Crippen molar-refractivity contribution in [3.63, 3.8) is 0 Å². The lowest BCUT2D eigenvalue weighted by molar-refractivity contribution is -0.222. The number of methoxy groups -OCH3 is 2. The highest BCUT2D eigenvalue weighted by molar-refractivity contribution is 7.19. The summed E-state index contributed by atoms with van der Waals surface area (Å²) >= 11 is 1.69. The van der Waals surface area contributed by atoms with Crippen molar-refractivity contribution < 1.29 is 28.5 Å². The lowest BCUT2D eigenvalue weighted by atomic mass is 10.1. The number of benzene rings is 2. The lowest BCUT2D eigenvalue weighted by Crippen LogP contribution is -2.44. The molecule has 0 saturated carbocycles. The number of hydrogen-bond donors (Lipinski definition) is 1. The molecule has 208 valence electrons. The van der Waals surface area contributed by atoms with Gasteiger partial charge in [-0.05, 0) is 36.1 Å². The van der Waals surface area contributed by atoms with Crippen molar-refractivity contribution >= 4 is 39.0 Å². The van der Waals surface area contributed by atoms with Crippen LogP contribution >= 0.6 is 11.3 Å². The first kappa shape index (κ1) is 28.3. The molecule has 9 heteroatoms. The van der Waals surface area contributed by atoms with Crippen molar-refractivity contribution in [3.8, 4) is 11.5 Å². The predicted octanol–water partition coefficient (Wildman–Crippen LogP) is 6.46. The molecule has 2 heterocycles. The second-order valence-electron chi connectivity index (χ2n) is 9.83. The molecule has 1 aliphatic heterocycles. The number of carbonyl (C=O) groups excluding carboxylic acids is 2. The highest BCUT2D eigenvalue weighted by Crippen LogP contribution is 2.34. The molecule has 0 spiro atoms. The maximum atomic E-state index is 13.3. The molecule has 1 aromatic heterocycles. The molecule has 8 nitrogen and oxygen atoms in total.